The normalized spacial score (nSPS) is 17.5. The van der Waals surface area contributed by atoms with E-state index in [2.05, 4.69) is 9.88 Å². The second-order valence-electron chi connectivity index (χ2n) is 7.89. The Kier molecular flexibility index (Phi) is 5.77. The Labute approximate surface area is 177 Å². The summed E-state index contributed by atoms with van der Waals surface area (Å²) in [4.78, 5) is 7.24. The van der Waals surface area contributed by atoms with E-state index in [9.17, 15) is 13.5 Å². The molecule has 158 valence electrons. The molecular weight excluding hydrogens is 400 g/mol. The van der Waals surface area contributed by atoms with E-state index in [1.165, 1.54) is 6.26 Å². The van der Waals surface area contributed by atoms with Crippen molar-refractivity contribution in [3.63, 3.8) is 0 Å². The van der Waals surface area contributed by atoms with E-state index in [-0.39, 0.29) is 6.10 Å². The van der Waals surface area contributed by atoms with Gasteiger partial charge in [-0.3, -0.25) is 0 Å². The van der Waals surface area contributed by atoms with Crippen molar-refractivity contribution in [3.05, 3.63) is 60.0 Å². The van der Waals surface area contributed by atoms with E-state index in [4.69, 9.17) is 4.42 Å². The molecule has 1 aliphatic rings. The lowest BCUT2D eigenvalue weighted by molar-refractivity contribution is 0.176. The summed E-state index contributed by atoms with van der Waals surface area (Å²) in [6.45, 7) is 4.46. The maximum absolute atomic E-state index is 11.6. The SMILES string of the molecule is Cc1oc(-c2ccc(-c3ccc(S(C)(=O)=O)cc3)cc2)nc1CCN1CC[C@@H](O)C1. The van der Waals surface area contributed by atoms with Gasteiger partial charge in [-0.05, 0) is 48.7 Å². The molecule has 1 saturated heterocycles. The summed E-state index contributed by atoms with van der Waals surface area (Å²) in [6, 6.07) is 14.8. The number of aromatic nitrogens is 1. The quantitative estimate of drug-likeness (QED) is 0.651. The van der Waals surface area contributed by atoms with Crippen LogP contribution in [-0.2, 0) is 16.3 Å². The van der Waals surface area contributed by atoms with Crippen molar-refractivity contribution in [1.82, 2.24) is 9.88 Å². The van der Waals surface area contributed by atoms with Gasteiger partial charge in [-0.1, -0.05) is 24.3 Å². The molecule has 0 radical (unpaired) electrons. The van der Waals surface area contributed by atoms with Crippen LogP contribution < -0.4 is 0 Å². The predicted molar refractivity (Wildman–Crippen MR) is 116 cm³/mol. The van der Waals surface area contributed by atoms with Crippen LogP contribution in [0.3, 0.4) is 0 Å². The summed E-state index contributed by atoms with van der Waals surface area (Å²) in [5.41, 5.74) is 3.80. The van der Waals surface area contributed by atoms with Gasteiger partial charge in [-0.25, -0.2) is 13.4 Å². The number of rotatable bonds is 6. The highest BCUT2D eigenvalue weighted by Crippen LogP contribution is 2.27. The lowest BCUT2D eigenvalue weighted by atomic mass is 10.0. The molecule has 4 rings (SSSR count). The van der Waals surface area contributed by atoms with Crippen molar-refractivity contribution in [2.75, 3.05) is 25.9 Å². The molecule has 1 aromatic heterocycles. The summed E-state index contributed by atoms with van der Waals surface area (Å²) >= 11 is 0. The summed E-state index contributed by atoms with van der Waals surface area (Å²) in [7, 11) is -3.20. The lowest BCUT2D eigenvalue weighted by Crippen LogP contribution is -2.24. The van der Waals surface area contributed by atoms with Crippen LogP contribution in [0, 0.1) is 6.92 Å². The van der Waals surface area contributed by atoms with Gasteiger partial charge in [0.25, 0.3) is 0 Å². The van der Waals surface area contributed by atoms with Crippen molar-refractivity contribution < 1.29 is 17.9 Å². The first kappa shape index (κ1) is 20.8. The largest absolute Gasteiger partial charge is 0.441 e. The molecule has 6 nitrogen and oxygen atoms in total. The number of nitrogens with zero attached hydrogens (tertiary/aromatic N) is 2. The van der Waals surface area contributed by atoms with Gasteiger partial charge in [0.1, 0.15) is 5.76 Å². The third-order valence-electron chi connectivity index (χ3n) is 5.55. The van der Waals surface area contributed by atoms with Crippen LogP contribution in [0.2, 0.25) is 0 Å². The van der Waals surface area contributed by atoms with Gasteiger partial charge < -0.3 is 14.4 Å². The lowest BCUT2D eigenvalue weighted by Gasteiger charge is -2.13. The van der Waals surface area contributed by atoms with Crippen LogP contribution in [0.25, 0.3) is 22.6 Å². The number of aryl methyl sites for hydroxylation is 1. The van der Waals surface area contributed by atoms with Crippen LogP contribution >= 0.6 is 0 Å². The topological polar surface area (TPSA) is 83.6 Å². The fourth-order valence-electron chi connectivity index (χ4n) is 3.76. The van der Waals surface area contributed by atoms with Crippen molar-refractivity contribution >= 4 is 9.84 Å². The first-order valence-corrected chi connectivity index (χ1v) is 12.0. The molecule has 7 heteroatoms. The highest BCUT2D eigenvalue weighted by Gasteiger charge is 2.21. The van der Waals surface area contributed by atoms with E-state index < -0.39 is 9.84 Å². The molecule has 0 unspecified atom stereocenters. The zero-order chi connectivity index (χ0) is 21.3. The molecule has 1 N–H and O–H groups in total. The van der Waals surface area contributed by atoms with Crippen LogP contribution in [0.4, 0.5) is 0 Å². The van der Waals surface area contributed by atoms with E-state index >= 15 is 0 Å². The average molecular weight is 427 g/mol. The van der Waals surface area contributed by atoms with Gasteiger partial charge in [0, 0.05) is 37.9 Å². The molecule has 30 heavy (non-hydrogen) atoms. The summed E-state index contributed by atoms with van der Waals surface area (Å²) in [5, 5.41) is 9.66. The number of aliphatic hydroxyl groups excluding tert-OH is 1. The fraction of sp³-hybridized carbons (Fsp3) is 0.348. The molecule has 2 heterocycles. The summed E-state index contributed by atoms with van der Waals surface area (Å²) < 4.78 is 29.1. The molecule has 0 bridgehead atoms. The Morgan fingerprint density at radius 2 is 1.67 bits per heavy atom. The zero-order valence-corrected chi connectivity index (χ0v) is 18.0. The number of β-amino-alcohol motifs (C(OH)–C–C–N with tert-alkyl or cyclic N) is 1. The fourth-order valence-corrected chi connectivity index (χ4v) is 4.39. The third kappa shape index (κ3) is 4.64. The van der Waals surface area contributed by atoms with Gasteiger partial charge in [-0.2, -0.15) is 0 Å². The minimum atomic E-state index is -3.20. The van der Waals surface area contributed by atoms with Gasteiger partial charge in [-0.15, -0.1) is 0 Å². The first-order chi connectivity index (χ1) is 14.3. The number of hydrogen-bond donors (Lipinski definition) is 1. The van der Waals surface area contributed by atoms with Gasteiger partial charge >= 0.3 is 0 Å². The Morgan fingerprint density at radius 3 is 2.23 bits per heavy atom. The molecule has 1 atom stereocenters. The highest BCUT2D eigenvalue weighted by molar-refractivity contribution is 7.90. The Hall–Kier alpha value is -2.48. The maximum atomic E-state index is 11.6. The van der Waals surface area contributed by atoms with Crippen molar-refractivity contribution in [2.24, 2.45) is 0 Å². The first-order valence-electron chi connectivity index (χ1n) is 10.1. The average Bonchev–Trinajstić information content (AvgIpc) is 3.31. The minimum absolute atomic E-state index is 0.208. The van der Waals surface area contributed by atoms with Gasteiger partial charge in [0.2, 0.25) is 5.89 Å². The summed E-state index contributed by atoms with van der Waals surface area (Å²) in [6.07, 6.45) is 2.64. The maximum Gasteiger partial charge on any atom is 0.226 e. The monoisotopic (exact) mass is 426 g/mol. The molecule has 0 amide bonds. The summed E-state index contributed by atoms with van der Waals surface area (Å²) in [5.74, 6) is 1.42. The molecular formula is C23H26N2O4S. The van der Waals surface area contributed by atoms with Gasteiger partial charge in [0.05, 0.1) is 16.7 Å². The van der Waals surface area contributed by atoms with Crippen molar-refractivity contribution in [1.29, 1.82) is 0 Å². The Bertz CT molecular complexity index is 1120. The Morgan fingerprint density at radius 1 is 1.07 bits per heavy atom. The van der Waals surface area contributed by atoms with Crippen LogP contribution in [0.15, 0.2) is 57.8 Å². The van der Waals surface area contributed by atoms with Crippen molar-refractivity contribution in [3.8, 4) is 22.6 Å². The molecule has 0 saturated carbocycles. The smallest absolute Gasteiger partial charge is 0.226 e. The highest BCUT2D eigenvalue weighted by atomic mass is 32.2. The number of likely N-dealkylation sites (tertiary alicyclic amines) is 1. The number of hydrogen-bond acceptors (Lipinski definition) is 6. The van der Waals surface area contributed by atoms with Crippen LogP contribution in [0.5, 0.6) is 0 Å². The predicted octanol–water partition coefficient (Wildman–Crippen LogP) is 3.33. The second-order valence-corrected chi connectivity index (χ2v) is 9.90. The molecule has 1 aliphatic heterocycles. The van der Waals surface area contributed by atoms with E-state index in [0.29, 0.717) is 10.8 Å². The number of oxazole rings is 1. The molecule has 3 aromatic rings. The number of benzene rings is 2. The van der Waals surface area contributed by atoms with Crippen LogP contribution in [-0.4, -0.2) is 55.4 Å². The van der Waals surface area contributed by atoms with E-state index in [1.54, 1.807) is 12.1 Å². The third-order valence-corrected chi connectivity index (χ3v) is 6.68. The van der Waals surface area contributed by atoms with E-state index in [0.717, 1.165) is 60.6 Å². The van der Waals surface area contributed by atoms with Gasteiger partial charge in [0.15, 0.2) is 9.84 Å². The second kappa shape index (κ2) is 8.34. The van der Waals surface area contributed by atoms with E-state index in [1.807, 2.05) is 43.3 Å². The number of sulfone groups is 1. The standard InChI is InChI=1S/C23H26N2O4S/c1-16-22(12-14-25-13-11-20(26)15-25)24-23(29-16)19-5-3-17(4-6-19)18-7-9-21(10-8-18)30(2,27)28/h3-10,20,26H,11-15H2,1-2H3/t20-/m1/s1. The molecule has 1 fully saturated rings. The van der Waals surface area contributed by atoms with Crippen LogP contribution in [0.1, 0.15) is 17.9 Å². The Balaban J connectivity index is 1.46. The minimum Gasteiger partial charge on any atom is -0.441 e. The van der Waals surface area contributed by atoms with Crippen molar-refractivity contribution in [2.45, 2.75) is 30.8 Å². The zero-order valence-electron chi connectivity index (χ0n) is 17.2. The number of aliphatic hydroxyl groups is 1. The molecule has 0 aliphatic carbocycles. The molecule has 2 aromatic carbocycles. The molecule has 0 spiro atoms.